The Morgan fingerprint density at radius 2 is 1.53 bits per heavy atom. The van der Waals surface area contributed by atoms with Crippen LogP contribution in [0, 0.1) is 5.92 Å². The van der Waals surface area contributed by atoms with E-state index in [4.69, 9.17) is 4.98 Å². The van der Waals surface area contributed by atoms with Gasteiger partial charge in [-0.1, -0.05) is 60.7 Å². The van der Waals surface area contributed by atoms with Crippen molar-refractivity contribution in [1.29, 1.82) is 0 Å². The van der Waals surface area contributed by atoms with Crippen molar-refractivity contribution < 1.29 is 4.79 Å². The molecule has 0 atom stereocenters. The first kappa shape index (κ1) is 21.2. The Morgan fingerprint density at radius 3 is 2.28 bits per heavy atom. The zero-order chi connectivity index (χ0) is 24.1. The molecule has 3 heterocycles. The molecule has 1 aliphatic heterocycles. The van der Waals surface area contributed by atoms with Gasteiger partial charge in [0.05, 0.1) is 17.1 Å². The van der Waals surface area contributed by atoms with Crippen LogP contribution < -0.4 is 10.2 Å². The first-order valence-electron chi connectivity index (χ1n) is 12.8. The minimum atomic E-state index is -0.0539. The zero-order valence-corrected chi connectivity index (χ0v) is 20.1. The van der Waals surface area contributed by atoms with E-state index >= 15 is 0 Å². The molecule has 1 saturated heterocycles. The average Bonchev–Trinajstić information content (AvgIpc) is 3.45. The number of benzene rings is 3. The van der Waals surface area contributed by atoms with E-state index in [1.165, 1.54) is 27.9 Å². The van der Waals surface area contributed by atoms with E-state index in [-0.39, 0.29) is 11.9 Å². The number of para-hydroxylation sites is 2. The molecule has 7 rings (SSSR count). The fourth-order valence-electron chi connectivity index (χ4n) is 6.04. The highest BCUT2D eigenvalue weighted by atomic mass is 16.1. The maximum atomic E-state index is 13.1. The monoisotopic (exact) mass is 472 g/mol. The lowest BCUT2D eigenvalue weighted by Gasteiger charge is -2.33. The number of rotatable bonds is 4. The van der Waals surface area contributed by atoms with Crippen molar-refractivity contribution in [2.45, 2.75) is 25.3 Å². The molecule has 178 valence electrons. The molecule has 2 aromatic heterocycles. The zero-order valence-electron chi connectivity index (χ0n) is 20.1. The van der Waals surface area contributed by atoms with Crippen molar-refractivity contribution in [3.63, 3.8) is 0 Å². The van der Waals surface area contributed by atoms with Crippen molar-refractivity contribution in [3.8, 4) is 11.1 Å². The van der Waals surface area contributed by atoms with E-state index in [2.05, 4.69) is 99.7 Å². The summed E-state index contributed by atoms with van der Waals surface area (Å²) in [5.41, 5.74) is 9.20. The Balaban J connectivity index is 1.01. The molecule has 0 unspecified atom stereocenters. The van der Waals surface area contributed by atoms with Crippen LogP contribution in [-0.4, -0.2) is 28.4 Å². The molecule has 2 aliphatic rings. The summed E-state index contributed by atoms with van der Waals surface area (Å²) in [5.74, 6) is 0.557. The number of fused-ring (bicyclic) bond motifs is 6. The lowest BCUT2D eigenvalue weighted by molar-refractivity contribution is -0.122. The largest absolute Gasteiger partial charge is 0.371 e. The number of aromatic nitrogens is 2. The summed E-state index contributed by atoms with van der Waals surface area (Å²) in [4.78, 5) is 20.4. The summed E-state index contributed by atoms with van der Waals surface area (Å²) in [7, 11) is 0. The number of nitrogens with zero attached hydrogens (tertiary/aromatic N) is 3. The second-order valence-electron chi connectivity index (χ2n) is 10.0. The van der Waals surface area contributed by atoms with Gasteiger partial charge in [0.25, 0.3) is 0 Å². The van der Waals surface area contributed by atoms with Crippen molar-refractivity contribution in [2.24, 2.45) is 5.92 Å². The number of carbonyl (C=O) groups excluding carboxylic acids is 1. The molecule has 3 aromatic carbocycles. The average molecular weight is 473 g/mol. The second-order valence-corrected chi connectivity index (χ2v) is 10.0. The normalized spacial score (nSPS) is 15.8. The molecule has 1 N–H and O–H groups in total. The molecule has 0 bridgehead atoms. The summed E-state index contributed by atoms with van der Waals surface area (Å²) in [6.07, 6.45) is 4.75. The molecule has 5 nitrogen and oxygen atoms in total. The molecule has 1 amide bonds. The first-order chi connectivity index (χ1) is 17.7. The predicted molar refractivity (Wildman–Crippen MR) is 144 cm³/mol. The Morgan fingerprint density at radius 1 is 0.861 bits per heavy atom. The molecule has 0 radical (unpaired) electrons. The maximum Gasteiger partial charge on any atom is 0.221 e. The van der Waals surface area contributed by atoms with Gasteiger partial charge in [0, 0.05) is 37.5 Å². The first-order valence-corrected chi connectivity index (χ1v) is 12.8. The van der Waals surface area contributed by atoms with Crippen molar-refractivity contribution in [1.82, 2.24) is 14.7 Å². The number of hydrogen-bond acceptors (Lipinski definition) is 3. The van der Waals surface area contributed by atoms with Gasteiger partial charge in [-0.3, -0.25) is 9.20 Å². The number of nitrogens with one attached hydrogen (secondary N) is 1. The minimum absolute atomic E-state index is 0.0539. The van der Waals surface area contributed by atoms with Crippen LogP contribution >= 0.6 is 0 Å². The van der Waals surface area contributed by atoms with E-state index in [0.717, 1.165) is 42.6 Å². The van der Waals surface area contributed by atoms with E-state index in [9.17, 15) is 4.79 Å². The van der Waals surface area contributed by atoms with E-state index in [0.29, 0.717) is 12.3 Å². The van der Waals surface area contributed by atoms with Gasteiger partial charge in [0.15, 0.2) is 0 Å². The number of anilines is 1. The molecule has 1 aliphatic carbocycles. The molecule has 5 heteroatoms. The highest BCUT2D eigenvalue weighted by Gasteiger charge is 2.30. The smallest absolute Gasteiger partial charge is 0.221 e. The molecule has 0 saturated carbocycles. The second kappa shape index (κ2) is 8.52. The van der Waals surface area contributed by atoms with Crippen LogP contribution in [-0.2, 0) is 4.79 Å². The van der Waals surface area contributed by atoms with Gasteiger partial charge in [-0.15, -0.1) is 0 Å². The predicted octanol–water partition coefficient (Wildman–Crippen LogP) is 5.98. The Hall–Kier alpha value is -4.12. The van der Waals surface area contributed by atoms with Crippen molar-refractivity contribution in [3.05, 3.63) is 102 Å². The van der Waals surface area contributed by atoms with Gasteiger partial charge in [-0.25, -0.2) is 4.98 Å². The van der Waals surface area contributed by atoms with Gasteiger partial charge in [-0.2, -0.15) is 0 Å². The molecule has 0 spiro atoms. The summed E-state index contributed by atoms with van der Waals surface area (Å²) >= 11 is 0. The molecule has 5 aromatic rings. The topological polar surface area (TPSA) is 49.6 Å². The third-order valence-corrected chi connectivity index (χ3v) is 7.89. The van der Waals surface area contributed by atoms with Gasteiger partial charge in [-0.05, 0) is 59.2 Å². The number of hydrogen-bond donors (Lipinski definition) is 1. The lowest BCUT2D eigenvalue weighted by atomic mass is 9.92. The number of carbonyl (C=O) groups is 1. The number of imidazole rings is 1. The summed E-state index contributed by atoms with van der Waals surface area (Å²) in [5, 5.41) is 3.35. The van der Waals surface area contributed by atoms with Crippen LogP contribution in [0.2, 0.25) is 0 Å². The quantitative estimate of drug-likeness (QED) is 0.350. The number of amides is 1. The Labute approximate surface area is 210 Å². The fourth-order valence-corrected chi connectivity index (χ4v) is 6.04. The van der Waals surface area contributed by atoms with Gasteiger partial charge in [0.2, 0.25) is 5.91 Å². The highest BCUT2D eigenvalue weighted by molar-refractivity contribution is 5.84. The summed E-state index contributed by atoms with van der Waals surface area (Å²) in [6.45, 7) is 1.92. The lowest BCUT2D eigenvalue weighted by Crippen LogP contribution is -2.36. The van der Waals surface area contributed by atoms with Gasteiger partial charge in [0.1, 0.15) is 5.65 Å². The van der Waals surface area contributed by atoms with E-state index < -0.39 is 0 Å². The van der Waals surface area contributed by atoms with Crippen molar-refractivity contribution in [2.75, 3.05) is 18.0 Å². The third kappa shape index (κ3) is 3.54. The van der Waals surface area contributed by atoms with Crippen LogP contribution in [0.25, 0.3) is 27.8 Å². The molecular weight excluding hydrogens is 444 g/mol. The molecule has 1 fully saturated rings. The van der Waals surface area contributed by atoms with Crippen LogP contribution in [0.15, 0.2) is 91.1 Å². The Bertz CT molecular complexity index is 1550. The molecular formula is C31H28N4O. The third-order valence-electron chi connectivity index (χ3n) is 7.89. The van der Waals surface area contributed by atoms with E-state index in [1.54, 1.807) is 0 Å². The van der Waals surface area contributed by atoms with Crippen LogP contribution in [0.4, 0.5) is 5.69 Å². The van der Waals surface area contributed by atoms with Crippen molar-refractivity contribution >= 4 is 28.3 Å². The SMILES string of the molecule is O=C(CC1CCN(c2ccn3c(c2)nc2ccccc23)CC1)NC1c2ccccc2-c2ccccc21. The highest BCUT2D eigenvalue weighted by Crippen LogP contribution is 2.43. The summed E-state index contributed by atoms with van der Waals surface area (Å²) in [6, 6.07) is 29.4. The van der Waals surface area contributed by atoms with Crippen LogP contribution in [0.3, 0.4) is 0 Å². The standard InChI is InChI=1S/C31H28N4O/c36-30(33-31-25-9-3-1-7-23(25)24-8-2-4-10-26(24)31)19-21-13-16-34(17-14-21)22-15-18-35-28-12-6-5-11-27(28)32-29(35)20-22/h1-12,15,18,20-21,31H,13-14,16-17,19H2,(H,33,36). The van der Waals surface area contributed by atoms with E-state index in [1.807, 2.05) is 6.07 Å². The number of piperidine rings is 1. The van der Waals surface area contributed by atoms with Gasteiger partial charge >= 0.3 is 0 Å². The summed E-state index contributed by atoms with van der Waals surface area (Å²) < 4.78 is 2.15. The fraction of sp³-hybridized carbons (Fsp3) is 0.226. The van der Waals surface area contributed by atoms with Crippen LogP contribution in [0.5, 0.6) is 0 Å². The Kier molecular flexibility index (Phi) is 5.01. The minimum Gasteiger partial charge on any atom is -0.371 e. The number of pyridine rings is 1. The van der Waals surface area contributed by atoms with Crippen LogP contribution in [0.1, 0.15) is 36.4 Å². The maximum absolute atomic E-state index is 13.1. The molecule has 36 heavy (non-hydrogen) atoms. The van der Waals surface area contributed by atoms with Gasteiger partial charge < -0.3 is 10.2 Å².